The van der Waals surface area contributed by atoms with Gasteiger partial charge in [0.1, 0.15) is 6.61 Å². The van der Waals surface area contributed by atoms with Gasteiger partial charge in [-0.1, -0.05) is 20.8 Å². The average molecular weight is 432 g/mol. The third-order valence-electron chi connectivity index (χ3n) is 12.1. The fraction of sp³-hybridized carbons (Fsp3) is 0.962. The second-order valence-electron chi connectivity index (χ2n) is 13.1. The molecule has 0 aromatic heterocycles. The summed E-state index contributed by atoms with van der Waals surface area (Å²) in [6.45, 7) is 7.56. The highest BCUT2D eigenvalue weighted by Crippen LogP contribution is 2.87. The van der Waals surface area contributed by atoms with Gasteiger partial charge in [-0.3, -0.25) is 0 Å². The molecule has 10 atom stereocenters. The molecule has 3 N–H and O–H groups in total. The van der Waals surface area contributed by atoms with Crippen molar-refractivity contribution in [3.8, 4) is 0 Å². The number of primary amides is 1. The first-order valence-corrected chi connectivity index (χ1v) is 12.9. The number of nitrogens with two attached hydrogens (primary N) is 1. The molecule has 5 aliphatic carbocycles. The van der Waals surface area contributed by atoms with Crippen molar-refractivity contribution < 1.29 is 19.4 Å². The fourth-order valence-corrected chi connectivity index (χ4v) is 10.6. The molecule has 31 heavy (non-hydrogen) atoms. The van der Waals surface area contributed by atoms with Crippen molar-refractivity contribution in [2.45, 2.75) is 103 Å². The van der Waals surface area contributed by atoms with Crippen molar-refractivity contribution in [2.24, 2.45) is 51.1 Å². The van der Waals surface area contributed by atoms with Crippen LogP contribution in [-0.2, 0) is 9.47 Å². The molecule has 0 aromatic rings. The molecule has 6 fully saturated rings. The highest BCUT2D eigenvalue weighted by atomic mass is 16.6. The van der Waals surface area contributed by atoms with E-state index in [1.54, 1.807) is 0 Å². The minimum atomic E-state index is -0.698. The Bertz CT molecular complexity index is 783. The van der Waals surface area contributed by atoms with Crippen molar-refractivity contribution in [1.29, 1.82) is 0 Å². The highest BCUT2D eigenvalue weighted by molar-refractivity contribution is 5.64. The molecule has 0 bridgehead atoms. The van der Waals surface area contributed by atoms with Gasteiger partial charge in [-0.2, -0.15) is 0 Å². The van der Waals surface area contributed by atoms with Crippen molar-refractivity contribution >= 4 is 6.09 Å². The van der Waals surface area contributed by atoms with Gasteiger partial charge in [-0.15, -0.1) is 0 Å². The number of hydrogen-bond acceptors (Lipinski definition) is 4. The smallest absolute Gasteiger partial charge is 0.404 e. The zero-order valence-corrected chi connectivity index (χ0v) is 19.6. The van der Waals surface area contributed by atoms with Crippen LogP contribution in [0.2, 0.25) is 0 Å². The summed E-state index contributed by atoms with van der Waals surface area (Å²) in [6, 6.07) is 0. The van der Waals surface area contributed by atoms with E-state index in [1.807, 2.05) is 0 Å². The van der Waals surface area contributed by atoms with Gasteiger partial charge in [-0.25, -0.2) is 4.79 Å². The lowest BCUT2D eigenvalue weighted by molar-refractivity contribution is -0.136. The molecule has 0 aromatic carbocycles. The summed E-state index contributed by atoms with van der Waals surface area (Å²) in [5.74, 6) is 2.95. The van der Waals surface area contributed by atoms with Crippen LogP contribution in [0.25, 0.3) is 0 Å². The maximum Gasteiger partial charge on any atom is 0.404 e. The lowest BCUT2D eigenvalue weighted by atomic mass is 9.46. The van der Waals surface area contributed by atoms with E-state index < -0.39 is 6.09 Å². The Balaban J connectivity index is 1.24. The minimum Gasteiger partial charge on any atom is -0.447 e. The molecule has 6 aliphatic rings. The van der Waals surface area contributed by atoms with Gasteiger partial charge < -0.3 is 20.3 Å². The number of aliphatic hydroxyl groups is 1. The number of rotatable bonds is 2. The van der Waals surface area contributed by atoms with Crippen LogP contribution in [0.5, 0.6) is 0 Å². The van der Waals surface area contributed by atoms with Crippen LogP contribution < -0.4 is 5.73 Å². The number of carbonyl (C=O) groups is 1. The Morgan fingerprint density at radius 1 is 1.00 bits per heavy atom. The van der Waals surface area contributed by atoms with Gasteiger partial charge in [0, 0.05) is 0 Å². The summed E-state index contributed by atoms with van der Waals surface area (Å²) in [4.78, 5) is 11.0. The van der Waals surface area contributed by atoms with Gasteiger partial charge >= 0.3 is 6.09 Å². The lowest BCUT2D eigenvalue weighted by Crippen LogP contribution is -2.54. The zero-order valence-electron chi connectivity index (χ0n) is 19.6. The lowest BCUT2D eigenvalue weighted by Gasteiger charge is -2.59. The van der Waals surface area contributed by atoms with Crippen LogP contribution in [0.1, 0.15) is 85.0 Å². The molecule has 2 spiro atoms. The standard InChI is InChI=1S/C26H41NO4/c1-23(2)20-7-6-16-18-12-19-17(5-4-15(31-19)13-30-22(27)29)24(18,3)10-11-25(16)14-26(20,25)9-8-21(23)28/h15-21,28H,4-14H2,1-3H3,(H2,27,29). The molecule has 1 amide bonds. The maximum absolute atomic E-state index is 11.0. The zero-order chi connectivity index (χ0) is 21.8. The SMILES string of the molecule is CC1(C)C(O)CCC23CC24CCC2(C)C5CCC(COC(N)=O)OC5CC2C4CCC13. The summed E-state index contributed by atoms with van der Waals surface area (Å²) in [6.07, 6.45) is 11.9. The summed E-state index contributed by atoms with van der Waals surface area (Å²) in [5.41, 5.74) is 6.68. The number of fused-ring (bicyclic) bond motifs is 4. The van der Waals surface area contributed by atoms with Crippen molar-refractivity contribution in [3.63, 3.8) is 0 Å². The topological polar surface area (TPSA) is 81.8 Å². The van der Waals surface area contributed by atoms with Gasteiger partial charge in [0.15, 0.2) is 0 Å². The van der Waals surface area contributed by atoms with E-state index in [4.69, 9.17) is 15.2 Å². The van der Waals surface area contributed by atoms with Gasteiger partial charge in [0.05, 0.1) is 18.3 Å². The average Bonchev–Trinajstić information content (AvgIpc) is 3.30. The van der Waals surface area contributed by atoms with Crippen molar-refractivity contribution in [1.82, 2.24) is 0 Å². The van der Waals surface area contributed by atoms with Crippen LogP contribution >= 0.6 is 0 Å². The van der Waals surface area contributed by atoms with Crippen LogP contribution in [-0.4, -0.2) is 36.1 Å². The predicted octanol–water partition coefficient (Wildman–Crippen LogP) is 4.65. The molecule has 0 radical (unpaired) electrons. The Morgan fingerprint density at radius 3 is 2.55 bits per heavy atom. The van der Waals surface area contributed by atoms with Gasteiger partial charge in [-0.05, 0) is 110 Å². The Labute approximate surface area is 186 Å². The first-order valence-electron chi connectivity index (χ1n) is 12.9. The third-order valence-corrected chi connectivity index (χ3v) is 12.1. The largest absolute Gasteiger partial charge is 0.447 e. The van der Waals surface area contributed by atoms with Crippen LogP contribution in [0.15, 0.2) is 0 Å². The Morgan fingerprint density at radius 2 is 1.77 bits per heavy atom. The van der Waals surface area contributed by atoms with Crippen molar-refractivity contribution in [3.05, 3.63) is 0 Å². The number of amides is 1. The van der Waals surface area contributed by atoms with Crippen LogP contribution in [0, 0.1) is 45.3 Å². The van der Waals surface area contributed by atoms with Gasteiger partial charge in [0.2, 0.25) is 0 Å². The summed E-state index contributed by atoms with van der Waals surface area (Å²) >= 11 is 0. The van der Waals surface area contributed by atoms with E-state index in [9.17, 15) is 9.90 Å². The number of aliphatic hydroxyl groups excluding tert-OH is 1. The quantitative estimate of drug-likeness (QED) is 0.667. The molecule has 5 nitrogen and oxygen atoms in total. The Hall–Kier alpha value is -0.810. The monoisotopic (exact) mass is 431 g/mol. The maximum atomic E-state index is 11.0. The molecular weight excluding hydrogens is 390 g/mol. The Kier molecular flexibility index (Phi) is 4.29. The summed E-state index contributed by atoms with van der Waals surface area (Å²) in [5, 5.41) is 10.8. The molecular formula is C26H41NO4. The van der Waals surface area contributed by atoms with Crippen LogP contribution in [0.4, 0.5) is 4.79 Å². The van der Waals surface area contributed by atoms with E-state index in [1.165, 1.54) is 51.4 Å². The highest BCUT2D eigenvalue weighted by Gasteiger charge is 2.80. The van der Waals surface area contributed by atoms with Crippen LogP contribution in [0.3, 0.4) is 0 Å². The molecule has 5 heteroatoms. The number of ether oxygens (including phenoxy) is 2. The third kappa shape index (κ3) is 2.54. The molecule has 1 saturated heterocycles. The molecule has 6 rings (SSSR count). The fourth-order valence-electron chi connectivity index (χ4n) is 10.6. The second kappa shape index (κ2) is 6.40. The number of hydrogen-bond donors (Lipinski definition) is 2. The molecule has 174 valence electrons. The second-order valence-corrected chi connectivity index (χ2v) is 13.1. The molecule has 5 saturated carbocycles. The first-order chi connectivity index (χ1) is 14.6. The van der Waals surface area contributed by atoms with Gasteiger partial charge in [0.25, 0.3) is 0 Å². The molecule has 1 aliphatic heterocycles. The summed E-state index contributed by atoms with van der Waals surface area (Å²) in [7, 11) is 0. The summed E-state index contributed by atoms with van der Waals surface area (Å²) < 4.78 is 11.6. The van der Waals surface area contributed by atoms with E-state index in [-0.39, 0.29) is 17.6 Å². The van der Waals surface area contributed by atoms with E-state index >= 15 is 0 Å². The number of carbonyl (C=O) groups excluding carboxylic acids is 1. The first kappa shape index (κ1) is 20.8. The minimum absolute atomic E-state index is 0.00935. The predicted molar refractivity (Wildman–Crippen MR) is 117 cm³/mol. The van der Waals surface area contributed by atoms with E-state index in [0.29, 0.717) is 40.8 Å². The normalized spacial score (nSPS) is 56.3. The van der Waals surface area contributed by atoms with Crippen molar-refractivity contribution in [2.75, 3.05) is 6.61 Å². The molecule has 1 heterocycles. The van der Waals surface area contributed by atoms with E-state index in [0.717, 1.165) is 24.7 Å². The van der Waals surface area contributed by atoms with E-state index in [2.05, 4.69) is 20.8 Å². The molecule has 10 unspecified atom stereocenters.